The Morgan fingerprint density at radius 2 is 1.62 bits per heavy atom. The zero-order valence-corrected chi connectivity index (χ0v) is 38.3. The van der Waals surface area contributed by atoms with Crippen LogP contribution >= 0.6 is 0 Å². The lowest BCUT2D eigenvalue weighted by molar-refractivity contribution is -0.120. The number of imide groups is 1. The Morgan fingerprint density at radius 1 is 0.848 bits per heavy atom. The number of rotatable bonds is 10. The molecule has 2 aromatic carbocycles. The number of hydrogen-bond acceptors (Lipinski definition) is 12. The fourth-order valence-electron chi connectivity index (χ4n) is 9.99. The van der Waals surface area contributed by atoms with Gasteiger partial charge in [-0.2, -0.15) is 15.2 Å². The highest BCUT2D eigenvalue weighted by Crippen LogP contribution is 2.35. The summed E-state index contributed by atoms with van der Waals surface area (Å²) < 4.78 is 9.43. The molecule has 8 heterocycles. The average molecular weight is 894 g/mol. The summed E-state index contributed by atoms with van der Waals surface area (Å²) in [6, 6.07) is 16.3. The number of likely N-dealkylation sites (tertiary alicyclic amines) is 1. The number of carbonyl (C=O) groups excluding carboxylic acids is 3. The molecule has 4 aromatic heterocycles. The first-order valence-corrected chi connectivity index (χ1v) is 23.5. The predicted octanol–water partition coefficient (Wildman–Crippen LogP) is 6.64. The van der Waals surface area contributed by atoms with E-state index in [0.29, 0.717) is 30.7 Å². The fourth-order valence-corrected chi connectivity index (χ4v) is 9.99. The summed E-state index contributed by atoms with van der Waals surface area (Å²) in [5.41, 5.74) is 8.38. The van der Waals surface area contributed by atoms with Gasteiger partial charge in [-0.15, -0.1) is 0 Å². The van der Waals surface area contributed by atoms with Crippen LogP contribution in [0, 0.1) is 5.92 Å². The third-order valence-electron chi connectivity index (χ3n) is 13.9. The maximum Gasteiger partial charge on any atom is 0.328 e. The molecule has 17 nitrogen and oxygen atoms in total. The number of aromatic nitrogens is 7. The maximum absolute atomic E-state index is 13.4. The minimum atomic E-state index is -0.369. The van der Waals surface area contributed by atoms with Crippen molar-refractivity contribution in [1.82, 2.24) is 55.0 Å². The third kappa shape index (κ3) is 9.05. The minimum Gasteiger partial charge on any atom is -0.372 e. The molecule has 66 heavy (non-hydrogen) atoms. The van der Waals surface area contributed by atoms with Crippen LogP contribution in [0.5, 0.6) is 0 Å². The largest absolute Gasteiger partial charge is 0.372 e. The van der Waals surface area contributed by atoms with Gasteiger partial charge in [0.2, 0.25) is 5.91 Å². The van der Waals surface area contributed by atoms with Crippen LogP contribution < -0.4 is 20.4 Å². The average Bonchev–Trinajstić information content (AvgIpc) is 4.11. The van der Waals surface area contributed by atoms with Crippen LogP contribution in [0.25, 0.3) is 28.0 Å². The van der Waals surface area contributed by atoms with Gasteiger partial charge in [-0.3, -0.25) is 29.4 Å². The van der Waals surface area contributed by atoms with Gasteiger partial charge in [0.25, 0.3) is 0 Å². The molecule has 4 aliphatic rings. The summed E-state index contributed by atoms with van der Waals surface area (Å²) in [5, 5.41) is 19.2. The lowest BCUT2D eigenvalue weighted by Crippen LogP contribution is -2.49. The number of fused-ring (bicyclic) bond motifs is 2. The fraction of sp³-hybridized carbons (Fsp3) is 0.469. The zero-order valence-electron chi connectivity index (χ0n) is 38.3. The highest BCUT2D eigenvalue weighted by molar-refractivity contribution is 6.05. The number of benzene rings is 2. The minimum absolute atomic E-state index is 0.0223. The van der Waals surface area contributed by atoms with E-state index < -0.39 is 0 Å². The molecule has 3 saturated heterocycles. The SMILES string of the molecule is CCN1CC[C@@H](NC(=O)c2nc(C(C)(C)C)no2)c2ccc(-c3nc(-c4cnn(C5CCN(CC6CCN(c7ccc(N8CCC(=O)NC8=O)cc7)CC6)CC5)c4)cn4nccc34)cc2C1. The first-order chi connectivity index (χ1) is 31.9. The number of urea groups is 1. The third-order valence-corrected chi connectivity index (χ3v) is 13.9. The van der Waals surface area contributed by atoms with Gasteiger partial charge in [0, 0.05) is 92.9 Å². The second kappa shape index (κ2) is 18.1. The lowest BCUT2D eigenvalue weighted by Gasteiger charge is -2.38. The van der Waals surface area contributed by atoms with Gasteiger partial charge in [0.05, 0.1) is 47.6 Å². The van der Waals surface area contributed by atoms with Crippen LogP contribution in [-0.4, -0.2) is 115 Å². The molecular formula is C49H59N13O4. The molecule has 10 rings (SSSR count). The Morgan fingerprint density at radius 3 is 2.36 bits per heavy atom. The molecule has 0 spiro atoms. The van der Waals surface area contributed by atoms with E-state index >= 15 is 0 Å². The van der Waals surface area contributed by atoms with E-state index in [1.54, 1.807) is 4.90 Å². The van der Waals surface area contributed by atoms with E-state index in [9.17, 15) is 14.4 Å². The molecule has 0 radical (unpaired) electrons. The number of nitrogens with zero attached hydrogens (tertiary/aromatic N) is 11. The van der Waals surface area contributed by atoms with E-state index in [1.807, 2.05) is 62.1 Å². The highest BCUT2D eigenvalue weighted by Gasteiger charge is 2.30. The van der Waals surface area contributed by atoms with Crippen molar-refractivity contribution in [2.24, 2.45) is 5.92 Å². The number of carbonyl (C=O) groups is 3. The molecule has 2 N–H and O–H groups in total. The van der Waals surface area contributed by atoms with Crippen molar-refractivity contribution in [3.05, 3.63) is 96.2 Å². The molecule has 0 saturated carbocycles. The molecule has 344 valence electrons. The summed E-state index contributed by atoms with van der Waals surface area (Å²) in [6.45, 7) is 16.3. The summed E-state index contributed by atoms with van der Waals surface area (Å²) in [7, 11) is 0. The Balaban J connectivity index is 0.773. The number of piperidine rings is 2. The summed E-state index contributed by atoms with van der Waals surface area (Å²) in [4.78, 5) is 56.1. The Hall–Kier alpha value is -6.46. The van der Waals surface area contributed by atoms with E-state index in [4.69, 9.17) is 14.6 Å². The van der Waals surface area contributed by atoms with Crippen molar-refractivity contribution in [3.63, 3.8) is 0 Å². The van der Waals surface area contributed by atoms with Crippen LogP contribution in [0.2, 0.25) is 0 Å². The maximum atomic E-state index is 13.4. The smallest absolute Gasteiger partial charge is 0.328 e. The van der Waals surface area contributed by atoms with Gasteiger partial charge in [0.15, 0.2) is 5.82 Å². The highest BCUT2D eigenvalue weighted by atomic mass is 16.5. The topological polar surface area (TPSA) is 175 Å². The van der Waals surface area contributed by atoms with Gasteiger partial charge in [-0.1, -0.05) is 45.0 Å². The molecule has 0 bridgehead atoms. The normalized spacial score (nSPS) is 19.5. The molecule has 4 aliphatic heterocycles. The van der Waals surface area contributed by atoms with Crippen LogP contribution in [0.4, 0.5) is 16.2 Å². The Labute approximate surface area is 384 Å². The number of hydrogen-bond donors (Lipinski definition) is 2. The van der Waals surface area contributed by atoms with Crippen molar-refractivity contribution in [3.8, 4) is 22.5 Å². The van der Waals surface area contributed by atoms with Gasteiger partial charge < -0.3 is 19.6 Å². The standard InChI is InChI=1S/C49H59N13O4/c1-5-57-22-17-40(53-45(64)46-55-47(56-66-46)49(2,3)4)39-11-6-33(26-34(39)29-57)44-42-12-19-50-62(42)31-41(52-44)35-27-51-61(30-35)38-15-20-58(21-16-38)28-32-13-23-59(24-14-32)36-7-9-37(10-8-36)60-25-18-43(63)54-48(60)65/h6-12,19,26-27,30-32,38,40H,5,13-18,20-25,28-29H2,1-4H3,(H,53,64)(H,54,63,65)/t40-/m1/s1. The van der Waals surface area contributed by atoms with Gasteiger partial charge in [-0.25, -0.2) is 14.3 Å². The molecule has 1 atom stereocenters. The monoisotopic (exact) mass is 893 g/mol. The Kier molecular flexibility index (Phi) is 11.9. The molecule has 17 heteroatoms. The lowest BCUT2D eigenvalue weighted by atomic mass is 9.94. The second-order valence-electron chi connectivity index (χ2n) is 19.3. The molecule has 6 aromatic rings. The van der Waals surface area contributed by atoms with E-state index in [-0.39, 0.29) is 35.2 Å². The van der Waals surface area contributed by atoms with Crippen molar-refractivity contribution < 1.29 is 18.9 Å². The Bertz CT molecular complexity index is 2720. The van der Waals surface area contributed by atoms with Crippen molar-refractivity contribution >= 4 is 34.7 Å². The number of anilines is 2. The van der Waals surface area contributed by atoms with Gasteiger partial charge in [0.1, 0.15) is 0 Å². The first kappa shape index (κ1) is 43.4. The van der Waals surface area contributed by atoms with Crippen molar-refractivity contribution in [1.29, 1.82) is 0 Å². The summed E-state index contributed by atoms with van der Waals surface area (Å²) in [6.07, 6.45) is 13.3. The van der Waals surface area contributed by atoms with Crippen LogP contribution in [0.3, 0.4) is 0 Å². The van der Waals surface area contributed by atoms with E-state index in [1.165, 1.54) is 5.69 Å². The zero-order chi connectivity index (χ0) is 45.5. The van der Waals surface area contributed by atoms with Crippen LogP contribution in [-0.2, 0) is 16.8 Å². The quantitative estimate of drug-likeness (QED) is 0.150. The van der Waals surface area contributed by atoms with E-state index in [0.717, 1.165) is 129 Å². The second-order valence-corrected chi connectivity index (χ2v) is 19.3. The number of nitrogens with one attached hydrogen (secondary N) is 2. The summed E-state index contributed by atoms with van der Waals surface area (Å²) in [5.74, 6) is 0.553. The van der Waals surface area contributed by atoms with E-state index in [2.05, 4.69) is 88.7 Å². The van der Waals surface area contributed by atoms with Gasteiger partial charge >= 0.3 is 17.8 Å². The molecule has 3 fully saturated rings. The summed E-state index contributed by atoms with van der Waals surface area (Å²) >= 11 is 0. The molecule has 0 aliphatic carbocycles. The molecule has 4 amide bonds. The van der Waals surface area contributed by atoms with Crippen LogP contribution in [0.1, 0.15) is 106 Å². The van der Waals surface area contributed by atoms with Gasteiger partial charge in [-0.05, 0) is 92.1 Å². The van der Waals surface area contributed by atoms with Crippen molar-refractivity contribution in [2.75, 3.05) is 62.2 Å². The molecular weight excluding hydrogens is 835 g/mol. The van der Waals surface area contributed by atoms with Crippen molar-refractivity contribution in [2.45, 2.75) is 90.3 Å². The first-order valence-electron chi connectivity index (χ1n) is 23.5. The van der Waals surface area contributed by atoms with Crippen LogP contribution in [0.15, 0.2) is 77.8 Å². The molecule has 0 unspecified atom stereocenters. The predicted molar refractivity (Wildman–Crippen MR) is 250 cm³/mol. The number of amides is 4.